The molecule has 0 heterocycles. The highest BCUT2D eigenvalue weighted by atomic mass is 32.2. The molecule has 0 radical (unpaired) electrons. The summed E-state index contributed by atoms with van der Waals surface area (Å²) in [7, 11) is 0. The minimum absolute atomic E-state index is 0.166. The summed E-state index contributed by atoms with van der Waals surface area (Å²) < 4.78 is 30.3. The van der Waals surface area contributed by atoms with Crippen molar-refractivity contribution in [3.63, 3.8) is 0 Å². The number of thioether (sulfide) groups is 1. The van der Waals surface area contributed by atoms with Crippen molar-refractivity contribution in [3.8, 4) is 0 Å². The number of ketones is 1. The molecular formula is C10H16F2O3S. The van der Waals surface area contributed by atoms with Gasteiger partial charge in [-0.3, -0.25) is 4.79 Å². The van der Waals surface area contributed by atoms with Gasteiger partial charge < -0.3 is 4.74 Å². The van der Waals surface area contributed by atoms with Gasteiger partial charge in [-0.25, -0.2) is 4.79 Å². The number of hydrogen-bond donors (Lipinski definition) is 0. The van der Waals surface area contributed by atoms with Gasteiger partial charge in [0.05, 0.1) is 12.4 Å². The van der Waals surface area contributed by atoms with Crippen molar-refractivity contribution in [2.24, 2.45) is 5.92 Å². The average Bonchev–Trinajstić information content (AvgIpc) is 2.17. The largest absolute Gasteiger partial charge is 0.461 e. The first-order valence-electron chi connectivity index (χ1n) is 4.98. The molecule has 0 amide bonds. The molecule has 0 spiro atoms. The van der Waals surface area contributed by atoms with Crippen LogP contribution in [0.15, 0.2) is 0 Å². The topological polar surface area (TPSA) is 43.4 Å². The third kappa shape index (κ3) is 4.92. The van der Waals surface area contributed by atoms with E-state index in [1.165, 1.54) is 6.92 Å². The number of carbonyl (C=O) groups excluding carboxylic acids is 2. The van der Waals surface area contributed by atoms with Gasteiger partial charge in [0.1, 0.15) is 0 Å². The molecular weight excluding hydrogens is 238 g/mol. The highest BCUT2D eigenvalue weighted by Gasteiger charge is 2.48. The van der Waals surface area contributed by atoms with Crippen LogP contribution in [0.25, 0.3) is 0 Å². The number of halogens is 2. The number of rotatable bonds is 7. The van der Waals surface area contributed by atoms with Crippen LogP contribution in [0.1, 0.15) is 20.8 Å². The summed E-state index contributed by atoms with van der Waals surface area (Å²) in [6, 6.07) is 0. The van der Waals surface area contributed by atoms with Crippen LogP contribution in [0, 0.1) is 5.92 Å². The van der Waals surface area contributed by atoms with Crippen LogP contribution < -0.4 is 0 Å². The zero-order valence-corrected chi connectivity index (χ0v) is 10.4. The Bertz CT molecular complexity index is 254. The molecule has 0 aliphatic carbocycles. The quantitative estimate of drug-likeness (QED) is 0.515. The summed E-state index contributed by atoms with van der Waals surface area (Å²) in [4.78, 5) is 21.9. The van der Waals surface area contributed by atoms with E-state index in [-0.39, 0.29) is 12.4 Å². The van der Waals surface area contributed by atoms with Crippen molar-refractivity contribution in [3.05, 3.63) is 0 Å². The lowest BCUT2D eigenvalue weighted by atomic mass is 10.2. The number of esters is 1. The summed E-state index contributed by atoms with van der Waals surface area (Å²) in [5, 5.41) is 0. The second kappa shape index (κ2) is 6.83. The number of carbonyl (C=O) groups is 2. The zero-order valence-electron chi connectivity index (χ0n) is 9.59. The summed E-state index contributed by atoms with van der Waals surface area (Å²) >= 11 is 1.09. The van der Waals surface area contributed by atoms with Crippen LogP contribution in [0.2, 0.25) is 0 Å². The van der Waals surface area contributed by atoms with Gasteiger partial charge in [0.2, 0.25) is 5.78 Å². The van der Waals surface area contributed by atoms with Gasteiger partial charge in [0.15, 0.2) is 0 Å². The van der Waals surface area contributed by atoms with E-state index >= 15 is 0 Å². The summed E-state index contributed by atoms with van der Waals surface area (Å²) in [6.07, 6.45) is 0. The summed E-state index contributed by atoms with van der Waals surface area (Å²) in [6.45, 7) is 5.08. The molecule has 0 saturated heterocycles. The second-order valence-corrected chi connectivity index (χ2v) is 4.66. The number of Topliss-reactive ketones (excluding diaryl/α,β-unsaturated/α-hetero) is 1. The number of alkyl halides is 2. The summed E-state index contributed by atoms with van der Waals surface area (Å²) in [5.74, 6) is -6.62. The predicted octanol–water partition coefficient (Wildman–Crippen LogP) is 2.14. The fourth-order valence-corrected chi connectivity index (χ4v) is 1.77. The van der Waals surface area contributed by atoms with E-state index in [2.05, 4.69) is 4.74 Å². The van der Waals surface area contributed by atoms with Crippen LogP contribution in [0.3, 0.4) is 0 Å². The minimum Gasteiger partial charge on any atom is -0.461 e. The fourth-order valence-electron chi connectivity index (χ4n) is 0.814. The minimum atomic E-state index is -4.01. The Balaban J connectivity index is 4.19. The smallest absolute Gasteiger partial charge is 0.400 e. The Morgan fingerprint density at radius 3 is 2.38 bits per heavy atom. The molecule has 94 valence electrons. The van der Waals surface area contributed by atoms with E-state index in [1.807, 2.05) is 13.8 Å². The first kappa shape index (κ1) is 15.3. The molecule has 0 atom stereocenters. The van der Waals surface area contributed by atoms with E-state index < -0.39 is 17.7 Å². The molecule has 16 heavy (non-hydrogen) atoms. The maximum absolute atomic E-state index is 13.1. The Kier molecular flexibility index (Phi) is 6.55. The second-order valence-electron chi connectivity index (χ2n) is 3.63. The first-order chi connectivity index (χ1) is 7.32. The molecule has 0 aromatic carbocycles. The summed E-state index contributed by atoms with van der Waals surface area (Å²) in [5.41, 5.74) is 0. The highest BCUT2D eigenvalue weighted by molar-refractivity contribution is 7.99. The van der Waals surface area contributed by atoms with Gasteiger partial charge in [-0.2, -0.15) is 20.5 Å². The molecule has 0 aliphatic rings. The third-order valence-corrected chi connectivity index (χ3v) is 2.94. The predicted molar refractivity (Wildman–Crippen MR) is 58.8 cm³/mol. The maximum Gasteiger partial charge on any atom is 0.400 e. The van der Waals surface area contributed by atoms with Crippen LogP contribution in [0.4, 0.5) is 8.78 Å². The fraction of sp³-hybridized carbons (Fsp3) is 0.800. The van der Waals surface area contributed by atoms with Crippen molar-refractivity contribution in [1.82, 2.24) is 0 Å². The third-order valence-electron chi connectivity index (χ3n) is 1.57. The lowest BCUT2D eigenvalue weighted by molar-refractivity contribution is -0.175. The normalized spacial score (nSPS) is 11.6. The van der Waals surface area contributed by atoms with Gasteiger partial charge in [-0.1, -0.05) is 13.8 Å². The molecule has 0 bridgehead atoms. The molecule has 0 aromatic heterocycles. The van der Waals surface area contributed by atoms with Crippen molar-refractivity contribution in [2.75, 3.05) is 18.1 Å². The Morgan fingerprint density at radius 1 is 1.38 bits per heavy atom. The lowest BCUT2D eigenvalue weighted by Gasteiger charge is -2.13. The lowest BCUT2D eigenvalue weighted by Crippen LogP contribution is -2.40. The first-order valence-corrected chi connectivity index (χ1v) is 6.13. The Hall–Kier alpha value is -0.650. The van der Waals surface area contributed by atoms with Gasteiger partial charge in [0, 0.05) is 0 Å². The van der Waals surface area contributed by atoms with Gasteiger partial charge >= 0.3 is 11.9 Å². The Morgan fingerprint density at radius 2 is 1.94 bits per heavy atom. The number of ether oxygens (including phenoxy) is 1. The highest BCUT2D eigenvalue weighted by Crippen LogP contribution is 2.20. The van der Waals surface area contributed by atoms with Gasteiger partial charge in [-0.15, -0.1) is 0 Å². The van der Waals surface area contributed by atoms with Gasteiger partial charge in [-0.05, 0) is 18.6 Å². The molecule has 0 saturated carbocycles. The molecule has 3 nitrogen and oxygen atoms in total. The van der Waals surface area contributed by atoms with E-state index in [9.17, 15) is 18.4 Å². The van der Waals surface area contributed by atoms with Crippen molar-refractivity contribution < 1.29 is 23.1 Å². The molecule has 0 N–H and O–H groups in total. The molecule has 0 aromatic rings. The average molecular weight is 254 g/mol. The van der Waals surface area contributed by atoms with Crippen molar-refractivity contribution in [2.45, 2.75) is 26.7 Å². The molecule has 0 aliphatic heterocycles. The van der Waals surface area contributed by atoms with Crippen molar-refractivity contribution >= 4 is 23.5 Å². The zero-order chi connectivity index (χ0) is 12.8. The SMILES string of the molecule is CCOC(=O)C(F)(F)C(=O)CSCC(C)C. The van der Waals surface area contributed by atoms with Crippen LogP contribution in [0.5, 0.6) is 0 Å². The van der Waals surface area contributed by atoms with Crippen LogP contribution in [-0.2, 0) is 14.3 Å². The monoisotopic (exact) mass is 254 g/mol. The van der Waals surface area contributed by atoms with E-state index in [0.717, 1.165) is 11.8 Å². The maximum atomic E-state index is 13.1. The standard InChI is InChI=1S/C10H16F2O3S/c1-4-15-9(14)10(11,12)8(13)6-16-5-7(2)3/h7H,4-6H2,1-3H3. The van der Waals surface area contributed by atoms with E-state index in [1.54, 1.807) is 0 Å². The number of hydrogen-bond acceptors (Lipinski definition) is 4. The van der Waals surface area contributed by atoms with E-state index in [0.29, 0.717) is 11.7 Å². The van der Waals surface area contributed by atoms with Gasteiger partial charge in [0.25, 0.3) is 0 Å². The molecule has 0 rings (SSSR count). The Labute approximate surface area is 97.9 Å². The van der Waals surface area contributed by atoms with Crippen LogP contribution in [-0.4, -0.2) is 35.8 Å². The van der Waals surface area contributed by atoms with E-state index in [4.69, 9.17) is 0 Å². The molecule has 0 unspecified atom stereocenters. The van der Waals surface area contributed by atoms with Crippen molar-refractivity contribution in [1.29, 1.82) is 0 Å². The molecule has 0 fully saturated rings. The molecule has 6 heteroatoms. The van der Waals surface area contributed by atoms with Crippen LogP contribution >= 0.6 is 11.8 Å².